The topological polar surface area (TPSA) is 62.1 Å². The summed E-state index contributed by atoms with van der Waals surface area (Å²) in [4.78, 5) is 12.7. The summed E-state index contributed by atoms with van der Waals surface area (Å²) in [7, 11) is 0. The monoisotopic (exact) mass is 436 g/mol. The number of rotatable bonds is 4. The fourth-order valence-corrected chi connectivity index (χ4v) is 3.32. The van der Waals surface area contributed by atoms with Crippen LogP contribution in [0.4, 0.5) is 22.0 Å². The van der Waals surface area contributed by atoms with Crippen LogP contribution in [0.2, 0.25) is 0 Å². The molecular formula is C20H25F5N2O3. The molecule has 1 aromatic rings. The van der Waals surface area contributed by atoms with Gasteiger partial charge >= 0.3 is 12.1 Å². The van der Waals surface area contributed by atoms with Crippen molar-refractivity contribution in [1.29, 1.82) is 0 Å². The molecule has 0 saturated carbocycles. The van der Waals surface area contributed by atoms with Gasteiger partial charge in [-0.3, -0.25) is 4.79 Å². The van der Waals surface area contributed by atoms with Crippen LogP contribution in [0.3, 0.4) is 0 Å². The Morgan fingerprint density at radius 1 is 1.13 bits per heavy atom. The highest BCUT2D eigenvalue weighted by atomic mass is 19.4. The molecule has 1 aromatic carbocycles. The van der Waals surface area contributed by atoms with Crippen molar-refractivity contribution in [2.75, 3.05) is 6.61 Å². The molecule has 2 rings (SSSR count). The fourth-order valence-electron chi connectivity index (χ4n) is 3.32. The van der Waals surface area contributed by atoms with Gasteiger partial charge in [0.2, 0.25) is 0 Å². The summed E-state index contributed by atoms with van der Waals surface area (Å²) in [5.41, 5.74) is -2.86. The quantitative estimate of drug-likeness (QED) is 0.707. The van der Waals surface area contributed by atoms with Gasteiger partial charge in [0.15, 0.2) is 12.3 Å². The number of carbonyl (C=O) groups is 1. The van der Waals surface area contributed by atoms with Crippen molar-refractivity contribution < 1.29 is 36.6 Å². The molecule has 1 atom stereocenters. The summed E-state index contributed by atoms with van der Waals surface area (Å²) in [5, 5.41) is 14.4. The third-order valence-corrected chi connectivity index (χ3v) is 5.09. The minimum absolute atomic E-state index is 0.292. The van der Waals surface area contributed by atoms with Gasteiger partial charge in [0.25, 0.3) is 5.91 Å². The number of carbonyl (C=O) groups excluding carboxylic acids is 1. The fraction of sp³-hybridized carbons (Fsp3) is 0.600. The Bertz CT molecular complexity index is 851. The van der Waals surface area contributed by atoms with Crippen LogP contribution in [0.15, 0.2) is 17.2 Å². The van der Waals surface area contributed by atoms with Crippen molar-refractivity contribution in [2.45, 2.75) is 65.8 Å². The molecule has 5 nitrogen and oxygen atoms in total. The molecule has 0 unspecified atom stereocenters. The SMILES string of the molecule is Cc1cc(C)c(OCC(=O)N2N=C(C(F)(F)C(F)(F)F)C[C@]2(O)C(C)(C)C)c(C)c1. The van der Waals surface area contributed by atoms with Gasteiger partial charge in [-0.1, -0.05) is 38.5 Å². The number of amides is 1. The van der Waals surface area contributed by atoms with Crippen molar-refractivity contribution >= 4 is 11.6 Å². The number of alkyl halides is 5. The van der Waals surface area contributed by atoms with Gasteiger partial charge in [0.1, 0.15) is 11.5 Å². The van der Waals surface area contributed by atoms with E-state index in [4.69, 9.17) is 4.74 Å². The lowest BCUT2D eigenvalue weighted by atomic mass is 9.79. The standard InChI is InChI=1S/C20H25F5N2O3/c1-11-7-12(2)16(13(3)8-11)30-10-15(28)27-18(29,17(4,5)6)9-14(26-27)19(21,22)20(23,24)25/h7-8,29H,9-10H2,1-6H3/t18-/m0/s1. The molecule has 1 aliphatic rings. The van der Waals surface area contributed by atoms with Crippen LogP contribution in [0.5, 0.6) is 5.75 Å². The molecule has 30 heavy (non-hydrogen) atoms. The van der Waals surface area contributed by atoms with E-state index in [2.05, 4.69) is 5.10 Å². The maximum atomic E-state index is 13.9. The Morgan fingerprint density at radius 2 is 1.63 bits per heavy atom. The van der Waals surface area contributed by atoms with Crippen LogP contribution < -0.4 is 4.74 Å². The van der Waals surface area contributed by atoms with E-state index < -0.39 is 47.9 Å². The Balaban J connectivity index is 2.36. The lowest BCUT2D eigenvalue weighted by Crippen LogP contribution is -2.56. The largest absolute Gasteiger partial charge is 0.483 e. The average molecular weight is 436 g/mol. The zero-order valence-corrected chi connectivity index (χ0v) is 17.6. The molecule has 0 aliphatic carbocycles. The van der Waals surface area contributed by atoms with E-state index in [0.717, 1.165) is 16.7 Å². The van der Waals surface area contributed by atoms with Crippen LogP contribution in [0.25, 0.3) is 0 Å². The van der Waals surface area contributed by atoms with Gasteiger partial charge in [0.05, 0.1) is 0 Å². The lowest BCUT2D eigenvalue weighted by Gasteiger charge is -2.41. The zero-order valence-electron chi connectivity index (χ0n) is 17.6. The second-order valence-electron chi connectivity index (χ2n) is 8.58. The molecule has 1 aliphatic heterocycles. The number of ether oxygens (including phenoxy) is 1. The molecule has 1 amide bonds. The molecule has 0 fully saturated rings. The first kappa shape index (κ1) is 24.0. The first-order chi connectivity index (χ1) is 13.4. The second-order valence-corrected chi connectivity index (χ2v) is 8.58. The van der Waals surface area contributed by atoms with Crippen LogP contribution in [0, 0.1) is 26.2 Å². The summed E-state index contributed by atoms with van der Waals surface area (Å²) in [5.74, 6) is -5.94. The van der Waals surface area contributed by atoms with Crippen molar-refractivity contribution in [3.63, 3.8) is 0 Å². The van der Waals surface area contributed by atoms with Gasteiger partial charge in [-0.25, -0.2) is 0 Å². The summed E-state index contributed by atoms with van der Waals surface area (Å²) in [6.07, 6.45) is -7.05. The molecule has 0 radical (unpaired) electrons. The van der Waals surface area contributed by atoms with Gasteiger partial charge in [-0.05, 0) is 31.9 Å². The minimum atomic E-state index is -5.91. The molecular weight excluding hydrogens is 411 g/mol. The highest BCUT2D eigenvalue weighted by Crippen LogP contribution is 2.47. The van der Waals surface area contributed by atoms with Gasteiger partial charge < -0.3 is 9.84 Å². The van der Waals surface area contributed by atoms with E-state index >= 15 is 0 Å². The van der Waals surface area contributed by atoms with Crippen molar-refractivity contribution in [3.8, 4) is 5.75 Å². The van der Waals surface area contributed by atoms with Crippen LogP contribution in [-0.2, 0) is 4.79 Å². The number of aliphatic hydroxyl groups is 1. The number of nitrogens with zero attached hydrogens (tertiary/aromatic N) is 2. The maximum Gasteiger partial charge on any atom is 0.459 e. The highest BCUT2D eigenvalue weighted by molar-refractivity contribution is 5.96. The van der Waals surface area contributed by atoms with Crippen LogP contribution in [-0.4, -0.2) is 46.2 Å². The first-order valence-corrected chi connectivity index (χ1v) is 9.20. The van der Waals surface area contributed by atoms with Gasteiger partial charge in [-0.15, -0.1) is 0 Å². The van der Waals surface area contributed by atoms with E-state index in [0.29, 0.717) is 10.8 Å². The minimum Gasteiger partial charge on any atom is -0.483 e. The first-order valence-electron chi connectivity index (χ1n) is 9.20. The normalized spacial score (nSPS) is 20.4. The maximum absolute atomic E-state index is 13.9. The molecule has 168 valence electrons. The van der Waals surface area contributed by atoms with Crippen LogP contribution >= 0.6 is 0 Å². The number of aryl methyl sites for hydroxylation is 3. The zero-order chi connectivity index (χ0) is 23.3. The Labute approximate surface area is 171 Å². The van der Waals surface area contributed by atoms with Gasteiger partial charge in [0, 0.05) is 11.8 Å². The number of hydrogen-bond donors (Lipinski definition) is 1. The smallest absolute Gasteiger partial charge is 0.459 e. The van der Waals surface area contributed by atoms with Gasteiger partial charge in [-0.2, -0.15) is 32.1 Å². The summed E-state index contributed by atoms with van der Waals surface area (Å²) >= 11 is 0. The van der Waals surface area contributed by atoms with E-state index in [1.807, 2.05) is 19.1 Å². The lowest BCUT2D eigenvalue weighted by molar-refractivity contribution is -0.250. The van der Waals surface area contributed by atoms with Crippen molar-refractivity contribution in [3.05, 3.63) is 28.8 Å². The van der Waals surface area contributed by atoms with E-state index in [9.17, 15) is 31.9 Å². The summed E-state index contributed by atoms with van der Waals surface area (Å²) in [6.45, 7) is 8.91. The molecule has 1 heterocycles. The van der Waals surface area contributed by atoms with E-state index in [1.165, 1.54) is 20.8 Å². The number of hydrogen-bond acceptors (Lipinski definition) is 4. The van der Waals surface area contributed by atoms with E-state index in [1.54, 1.807) is 13.8 Å². The Hall–Kier alpha value is -2.23. The van der Waals surface area contributed by atoms with E-state index in [-0.39, 0.29) is 0 Å². The number of halogens is 5. The molecule has 0 spiro atoms. The molecule has 0 aromatic heterocycles. The third-order valence-electron chi connectivity index (χ3n) is 5.09. The molecule has 10 heteroatoms. The van der Waals surface area contributed by atoms with Crippen LogP contribution in [0.1, 0.15) is 43.9 Å². The second kappa shape index (κ2) is 7.47. The predicted octanol–water partition coefficient (Wildman–Crippen LogP) is 4.51. The Morgan fingerprint density at radius 3 is 2.07 bits per heavy atom. The van der Waals surface area contributed by atoms with Crippen molar-refractivity contribution in [1.82, 2.24) is 5.01 Å². The molecule has 1 N–H and O–H groups in total. The average Bonchev–Trinajstić information content (AvgIpc) is 2.92. The highest BCUT2D eigenvalue weighted by Gasteiger charge is 2.66. The Kier molecular flexibility index (Phi) is 5.99. The predicted molar refractivity (Wildman–Crippen MR) is 100 cm³/mol. The molecule has 0 saturated heterocycles. The van der Waals surface area contributed by atoms with Crippen molar-refractivity contribution in [2.24, 2.45) is 10.5 Å². The number of benzene rings is 1. The molecule has 0 bridgehead atoms. The number of hydrazone groups is 1. The summed E-state index contributed by atoms with van der Waals surface area (Å²) in [6, 6.07) is 3.63. The summed E-state index contributed by atoms with van der Waals surface area (Å²) < 4.78 is 71.7. The third kappa shape index (κ3) is 4.14.